The van der Waals surface area contributed by atoms with Crippen LogP contribution >= 0.6 is 0 Å². The van der Waals surface area contributed by atoms with Gasteiger partial charge in [0.25, 0.3) is 5.82 Å². The second-order valence-electron chi connectivity index (χ2n) is 17.9. The molecule has 314 valence electrons. The van der Waals surface area contributed by atoms with E-state index in [4.69, 9.17) is 0 Å². The van der Waals surface area contributed by atoms with Gasteiger partial charge in [-0.05, 0) is 32.6 Å². The van der Waals surface area contributed by atoms with Crippen molar-refractivity contribution in [2.45, 2.75) is 309 Å². The molecule has 0 aliphatic carbocycles. The van der Waals surface area contributed by atoms with E-state index >= 15 is 0 Å². The SMILES string of the molecule is CCCCCCCCCCCCCCCCC(CCCCCCCCCCCCC)c1[nH]cc[n+]1C(C)CCCCCCCCCCCCCCCC. The maximum Gasteiger partial charge on any atom is 0.257 e. The first kappa shape index (κ1) is 50.2. The third-order valence-electron chi connectivity index (χ3n) is 12.6. The van der Waals surface area contributed by atoms with E-state index in [9.17, 15) is 0 Å². The fourth-order valence-electron chi connectivity index (χ4n) is 8.90. The molecular formula is C51H101N2+. The number of hydrogen-bond acceptors (Lipinski definition) is 0. The van der Waals surface area contributed by atoms with Crippen LogP contribution in [-0.2, 0) is 0 Å². The summed E-state index contributed by atoms with van der Waals surface area (Å²) >= 11 is 0. The summed E-state index contributed by atoms with van der Waals surface area (Å²) in [4.78, 5) is 3.79. The lowest BCUT2D eigenvalue weighted by Crippen LogP contribution is -2.41. The van der Waals surface area contributed by atoms with E-state index < -0.39 is 0 Å². The summed E-state index contributed by atoms with van der Waals surface area (Å²) in [5.41, 5.74) is 0. The van der Waals surface area contributed by atoms with Gasteiger partial charge in [0.2, 0.25) is 0 Å². The van der Waals surface area contributed by atoms with E-state index in [-0.39, 0.29) is 0 Å². The third-order valence-corrected chi connectivity index (χ3v) is 12.6. The lowest BCUT2D eigenvalue weighted by atomic mass is 9.92. The number of aromatic amines is 1. The van der Waals surface area contributed by atoms with Gasteiger partial charge < -0.3 is 0 Å². The second-order valence-corrected chi connectivity index (χ2v) is 17.9. The molecule has 0 bridgehead atoms. The Morgan fingerprint density at radius 3 is 0.887 bits per heavy atom. The van der Waals surface area contributed by atoms with E-state index in [0.717, 1.165) is 0 Å². The molecular weight excluding hydrogens is 641 g/mol. The molecule has 2 heteroatoms. The van der Waals surface area contributed by atoms with E-state index in [2.05, 4.69) is 49.6 Å². The molecule has 0 radical (unpaired) electrons. The van der Waals surface area contributed by atoms with Crippen LogP contribution in [0, 0.1) is 0 Å². The largest absolute Gasteiger partial charge is 0.257 e. The summed E-state index contributed by atoms with van der Waals surface area (Å²) in [6, 6.07) is 0.616. The van der Waals surface area contributed by atoms with Gasteiger partial charge >= 0.3 is 0 Å². The van der Waals surface area contributed by atoms with Crippen molar-refractivity contribution in [3.8, 4) is 0 Å². The highest BCUT2D eigenvalue weighted by Crippen LogP contribution is 2.28. The molecule has 0 spiro atoms. The zero-order valence-electron chi connectivity index (χ0n) is 37.5. The number of nitrogens with zero attached hydrogens (tertiary/aromatic N) is 1. The smallest absolute Gasteiger partial charge is 0.247 e. The Balaban J connectivity index is 2.35. The Labute approximate surface area is 336 Å². The molecule has 0 aromatic carbocycles. The molecule has 1 heterocycles. The zero-order valence-corrected chi connectivity index (χ0v) is 37.5. The van der Waals surface area contributed by atoms with Crippen LogP contribution in [-0.4, -0.2) is 4.98 Å². The predicted molar refractivity (Wildman–Crippen MR) is 239 cm³/mol. The third kappa shape index (κ3) is 32.0. The molecule has 1 rings (SSSR count). The van der Waals surface area contributed by atoms with Crippen molar-refractivity contribution in [2.75, 3.05) is 0 Å². The van der Waals surface area contributed by atoms with Crippen molar-refractivity contribution >= 4 is 0 Å². The number of H-pyrrole nitrogens is 1. The molecule has 1 N–H and O–H groups in total. The quantitative estimate of drug-likeness (QED) is 0.0507. The van der Waals surface area contributed by atoms with Crippen LogP contribution in [0.4, 0.5) is 0 Å². The highest BCUT2D eigenvalue weighted by atomic mass is 15.1. The molecule has 0 fully saturated rings. The van der Waals surface area contributed by atoms with Gasteiger partial charge in [-0.1, -0.05) is 265 Å². The zero-order chi connectivity index (χ0) is 38.1. The molecule has 0 aliphatic rings. The predicted octanol–water partition coefficient (Wildman–Crippen LogP) is 18.4. The van der Waals surface area contributed by atoms with Gasteiger partial charge in [0.15, 0.2) is 0 Å². The van der Waals surface area contributed by atoms with Crippen LogP contribution in [0.5, 0.6) is 0 Å². The Hall–Kier alpha value is -0.790. The number of unbranched alkanes of at least 4 members (excludes halogenated alkanes) is 36. The average molecular weight is 742 g/mol. The van der Waals surface area contributed by atoms with E-state index in [1.807, 2.05) is 0 Å². The minimum Gasteiger partial charge on any atom is -0.247 e. The van der Waals surface area contributed by atoms with E-state index in [1.165, 1.54) is 270 Å². The molecule has 0 amide bonds. The molecule has 0 aliphatic heterocycles. The summed E-state index contributed by atoms with van der Waals surface area (Å²) < 4.78 is 2.66. The fraction of sp³-hybridized carbons (Fsp3) is 0.941. The maximum absolute atomic E-state index is 3.79. The van der Waals surface area contributed by atoms with Gasteiger partial charge in [-0.3, -0.25) is 0 Å². The first-order valence-corrected chi connectivity index (χ1v) is 25.3. The van der Waals surface area contributed by atoms with E-state index in [0.29, 0.717) is 12.0 Å². The Bertz CT molecular complexity index is 813. The Morgan fingerprint density at radius 2 is 0.604 bits per heavy atom. The monoisotopic (exact) mass is 742 g/mol. The van der Waals surface area contributed by atoms with Crippen LogP contribution in [0.3, 0.4) is 0 Å². The number of imidazole rings is 1. The minimum atomic E-state index is 0.616. The average Bonchev–Trinajstić information content (AvgIpc) is 3.66. The Morgan fingerprint density at radius 1 is 0.358 bits per heavy atom. The molecule has 2 nitrogen and oxygen atoms in total. The van der Waals surface area contributed by atoms with Gasteiger partial charge in [0.05, 0.1) is 12.0 Å². The van der Waals surface area contributed by atoms with Gasteiger partial charge in [0.1, 0.15) is 12.4 Å². The fourth-order valence-corrected chi connectivity index (χ4v) is 8.90. The van der Waals surface area contributed by atoms with Crippen LogP contribution in [0.2, 0.25) is 0 Å². The standard InChI is InChI=1S/C51H100N2/c1-5-8-11-14-17-20-23-25-27-30-32-35-38-41-44-49(4)53-48-47-52-51(53)50(45-42-39-36-33-29-22-19-16-13-10-7-3)46-43-40-37-34-31-28-26-24-21-18-15-12-9-6-2/h47-50H,5-46H2,1-4H3/p+1. The van der Waals surface area contributed by atoms with Crippen molar-refractivity contribution in [2.24, 2.45) is 0 Å². The van der Waals surface area contributed by atoms with Crippen molar-refractivity contribution < 1.29 is 4.57 Å². The lowest BCUT2D eigenvalue weighted by molar-refractivity contribution is -0.727. The molecule has 1 aromatic heterocycles. The highest BCUT2D eigenvalue weighted by Gasteiger charge is 2.25. The van der Waals surface area contributed by atoms with Crippen molar-refractivity contribution in [3.05, 3.63) is 18.2 Å². The van der Waals surface area contributed by atoms with Crippen molar-refractivity contribution in [1.29, 1.82) is 0 Å². The molecule has 2 unspecified atom stereocenters. The maximum atomic E-state index is 3.79. The van der Waals surface area contributed by atoms with Crippen LogP contribution in [0.15, 0.2) is 12.4 Å². The lowest BCUT2D eigenvalue weighted by Gasteiger charge is -2.17. The van der Waals surface area contributed by atoms with Crippen molar-refractivity contribution in [1.82, 2.24) is 4.98 Å². The molecule has 2 atom stereocenters. The van der Waals surface area contributed by atoms with Crippen LogP contribution in [0.25, 0.3) is 0 Å². The summed E-state index contributed by atoms with van der Waals surface area (Å²) in [6.45, 7) is 9.45. The first-order chi connectivity index (χ1) is 26.2. The molecule has 53 heavy (non-hydrogen) atoms. The highest BCUT2D eigenvalue weighted by molar-refractivity contribution is 4.90. The summed E-state index contributed by atoms with van der Waals surface area (Å²) in [6.07, 6.45) is 65.1. The van der Waals surface area contributed by atoms with Crippen molar-refractivity contribution in [3.63, 3.8) is 0 Å². The summed E-state index contributed by atoms with van der Waals surface area (Å²) in [7, 11) is 0. The van der Waals surface area contributed by atoms with Gasteiger partial charge in [-0.2, -0.15) is 0 Å². The van der Waals surface area contributed by atoms with Gasteiger partial charge in [0, 0.05) is 0 Å². The van der Waals surface area contributed by atoms with E-state index in [1.54, 1.807) is 5.82 Å². The van der Waals surface area contributed by atoms with Crippen LogP contribution < -0.4 is 4.57 Å². The van der Waals surface area contributed by atoms with Gasteiger partial charge in [-0.25, -0.2) is 9.55 Å². The topological polar surface area (TPSA) is 19.7 Å². The summed E-state index contributed by atoms with van der Waals surface area (Å²) in [5, 5.41) is 0. The molecule has 0 saturated carbocycles. The number of nitrogens with one attached hydrogen (secondary N) is 1. The first-order valence-electron chi connectivity index (χ1n) is 25.3. The Kier molecular flexibility index (Phi) is 38.7. The number of aromatic nitrogens is 2. The number of rotatable bonds is 44. The normalized spacial score (nSPS) is 12.9. The number of hydrogen-bond donors (Lipinski definition) is 1. The molecule has 0 saturated heterocycles. The van der Waals surface area contributed by atoms with Crippen LogP contribution in [0.1, 0.15) is 315 Å². The van der Waals surface area contributed by atoms with Gasteiger partial charge in [-0.15, -0.1) is 0 Å². The molecule has 1 aromatic rings. The summed E-state index contributed by atoms with van der Waals surface area (Å²) in [5.74, 6) is 2.25. The second kappa shape index (κ2) is 40.9. The minimum absolute atomic E-state index is 0.616.